The first-order chi connectivity index (χ1) is 8.31. The van der Waals surface area contributed by atoms with E-state index in [0.29, 0.717) is 0 Å². The molecule has 0 unspecified atom stereocenters. The van der Waals surface area contributed by atoms with Crippen molar-refractivity contribution in [3.8, 4) is 10.4 Å². The van der Waals surface area contributed by atoms with Crippen molar-refractivity contribution >= 4 is 33.9 Å². The summed E-state index contributed by atoms with van der Waals surface area (Å²) in [6.45, 7) is 1.03. The minimum Gasteiger partial charge on any atom is -0.309 e. The molecule has 0 amide bonds. The van der Waals surface area contributed by atoms with Crippen molar-refractivity contribution in [3.63, 3.8) is 0 Å². The Hall–Kier alpha value is -0.390. The molecule has 1 nitrogen and oxygen atoms in total. The van der Waals surface area contributed by atoms with E-state index in [1.54, 1.807) is 0 Å². The zero-order valence-electron chi connectivity index (χ0n) is 9.45. The van der Waals surface area contributed by atoms with Gasteiger partial charge in [-0.2, -0.15) is 0 Å². The van der Waals surface area contributed by atoms with Crippen molar-refractivity contribution in [2.45, 2.75) is 25.4 Å². The molecule has 1 aromatic heterocycles. The van der Waals surface area contributed by atoms with E-state index in [1.165, 1.54) is 31.7 Å². The summed E-state index contributed by atoms with van der Waals surface area (Å²) >= 11 is 4.26. The number of hydrogen-bond acceptors (Lipinski definition) is 2. The lowest BCUT2D eigenvalue weighted by Crippen LogP contribution is -2.14. The van der Waals surface area contributed by atoms with Gasteiger partial charge in [0.25, 0.3) is 0 Å². The second kappa shape index (κ2) is 5.08. The molecule has 0 bridgehead atoms. The summed E-state index contributed by atoms with van der Waals surface area (Å²) < 4.78 is 1.30. The lowest BCUT2D eigenvalue weighted by molar-refractivity contribution is 0.695. The van der Waals surface area contributed by atoms with Gasteiger partial charge in [0.2, 0.25) is 0 Å². The van der Waals surface area contributed by atoms with E-state index < -0.39 is 0 Å². The van der Waals surface area contributed by atoms with Crippen LogP contribution in [0, 0.1) is 3.57 Å². The van der Waals surface area contributed by atoms with Gasteiger partial charge < -0.3 is 5.32 Å². The first-order valence-corrected chi connectivity index (χ1v) is 7.79. The molecule has 0 atom stereocenters. The molecule has 1 aromatic carbocycles. The predicted molar refractivity (Wildman–Crippen MR) is 82.3 cm³/mol. The van der Waals surface area contributed by atoms with Gasteiger partial charge in [-0.1, -0.05) is 12.1 Å². The highest BCUT2D eigenvalue weighted by Gasteiger charge is 2.20. The van der Waals surface area contributed by atoms with E-state index in [-0.39, 0.29) is 0 Å². The Balaban J connectivity index is 1.74. The molecule has 3 rings (SSSR count). The van der Waals surface area contributed by atoms with E-state index in [9.17, 15) is 0 Å². The molecule has 1 aliphatic rings. The van der Waals surface area contributed by atoms with Crippen molar-refractivity contribution in [2.75, 3.05) is 0 Å². The fraction of sp³-hybridized carbons (Fsp3) is 0.286. The summed E-state index contributed by atoms with van der Waals surface area (Å²) in [6, 6.07) is 14.0. The smallest absolute Gasteiger partial charge is 0.0346 e. The van der Waals surface area contributed by atoms with Crippen LogP contribution in [0.5, 0.6) is 0 Å². The Kier molecular flexibility index (Phi) is 3.49. The number of rotatable bonds is 4. The maximum absolute atomic E-state index is 3.56. The third-order valence-corrected chi connectivity index (χ3v) is 4.72. The number of nitrogens with one attached hydrogen (secondary N) is 1. The van der Waals surface area contributed by atoms with Gasteiger partial charge in [-0.05, 0) is 65.3 Å². The molecule has 1 saturated carbocycles. The van der Waals surface area contributed by atoms with E-state index in [0.717, 1.165) is 12.6 Å². The predicted octanol–water partition coefficient (Wildman–Crippen LogP) is 4.27. The standard InChI is InChI=1S/C14H14INS/c15-11-3-1-2-10(8-11)14-7-6-13(17-14)9-16-12-4-5-12/h1-3,6-8,12,16H,4-5,9H2. The van der Waals surface area contributed by atoms with Crippen LogP contribution in [0.25, 0.3) is 10.4 Å². The molecule has 1 N–H and O–H groups in total. The molecule has 3 heteroatoms. The summed E-state index contributed by atoms with van der Waals surface area (Å²) in [4.78, 5) is 2.81. The van der Waals surface area contributed by atoms with Crippen molar-refractivity contribution in [1.29, 1.82) is 0 Å². The minimum atomic E-state index is 0.790. The topological polar surface area (TPSA) is 12.0 Å². The number of thiophene rings is 1. The monoisotopic (exact) mass is 355 g/mol. The average Bonchev–Trinajstić information content (AvgIpc) is 3.04. The van der Waals surface area contributed by atoms with Crippen LogP contribution in [0.2, 0.25) is 0 Å². The van der Waals surface area contributed by atoms with Crippen LogP contribution in [0.4, 0.5) is 0 Å². The van der Waals surface area contributed by atoms with Crippen LogP contribution in [0.1, 0.15) is 17.7 Å². The molecular formula is C14H14INS. The molecule has 0 spiro atoms. The Bertz CT molecular complexity index is 516. The summed E-state index contributed by atoms with van der Waals surface area (Å²) in [5, 5.41) is 3.56. The second-order valence-corrected chi connectivity index (χ2v) is 6.85. The van der Waals surface area contributed by atoms with Crippen molar-refractivity contribution in [3.05, 3.63) is 44.8 Å². The van der Waals surface area contributed by atoms with Crippen molar-refractivity contribution in [1.82, 2.24) is 5.32 Å². The van der Waals surface area contributed by atoms with Gasteiger partial charge in [0.1, 0.15) is 0 Å². The molecule has 1 aliphatic carbocycles. The third kappa shape index (κ3) is 3.09. The third-order valence-electron chi connectivity index (χ3n) is 2.91. The van der Waals surface area contributed by atoms with Crippen LogP contribution < -0.4 is 5.32 Å². The van der Waals surface area contributed by atoms with Gasteiger partial charge in [0, 0.05) is 25.9 Å². The molecule has 1 fully saturated rings. The Labute approximate surface area is 119 Å². The van der Waals surface area contributed by atoms with Gasteiger partial charge in [-0.25, -0.2) is 0 Å². The number of halogens is 1. The number of benzene rings is 1. The highest BCUT2D eigenvalue weighted by Crippen LogP contribution is 2.29. The minimum absolute atomic E-state index is 0.790. The Morgan fingerprint density at radius 2 is 2.12 bits per heavy atom. The normalized spacial score (nSPS) is 15.1. The number of hydrogen-bond donors (Lipinski definition) is 1. The molecule has 17 heavy (non-hydrogen) atoms. The Morgan fingerprint density at radius 1 is 1.24 bits per heavy atom. The van der Waals surface area contributed by atoms with E-state index >= 15 is 0 Å². The van der Waals surface area contributed by atoms with Crippen LogP contribution >= 0.6 is 33.9 Å². The fourth-order valence-corrected chi connectivity index (χ4v) is 3.30. The van der Waals surface area contributed by atoms with Crippen LogP contribution in [0.3, 0.4) is 0 Å². The van der Waals surface area contributed by atoms with Gasteiger partial charge >= 0.3 is 0 Å². The Morgan fingerprint density at radius 3 is 2.88 bits per heavy atom. The maximum atomic E-state index is 3.56. The molecule has 0 aliphatic heterocycles. The summed E-state index contributed by atoms with van der Waals surface area (Å²) in [5.74, 6) is 0. The average molecular weight is 355 g/mol. The molecule has 2 aromatic rings. The fourth-order valence-electron chi connectivity index (χ4n) is 1.80. The highest BCUT2D eigenvalue weighted by molar-refractivity contribution is 14.1. The second-order valence-electron chi connectivity index (χ2n) is 4.43. The van der Waals surface area contributed by atoms with Gasteiger partial charge in [-0.15, -0.1) is 11.3 Å². The summed E-state index contributed by atoms with van der Waals surface area (Å²) in [6.07, 6.45) is 2.71. The summed E-state index contributed by atoms with van der Waals surface area (Å²) in [5.41, 5.74) is 1.33. The van der Waals surface area contributed by atoms with Gasteiger partial charge in [-0.3, -0.25) is 0 Å². The van der Waals surface area contributed by atoms with E-state index in [2.05, 4.69) is 64.3 Å². The lowest BCUT2D eigenvalue weighted by atomic mass is 10.2. The molecule has 1 heterocycles. The van der Waals surface area contributed by atoms with Crippen LogP contribution in [-0.2, 0) is 6.54 Å². The molecule has 0 saturated heterocycles. The van der Waals surface area contributed by atoms with Crippen LogP contribution in [-0.4, -0.2) is 6.04 Å². The van der Waals surface area contributed by atoms with Gasteiger partial charge in [0.15, 0.2) is 0 Å². The first kappa shape index (κ1) is 11.7. The lowest BCUT2D eigenvalue weighted by Gasteiger charge is -1.99. The quantitative estimate of drug-likeness (QED) is 0.808. The van der Waals surface area contributed by atoms with E-state index in [1.807, 2.05) is 11.3 Å². The van der Waals surface area contributed by atoms with E-state index in [4.69, 9.17) is 0 Å². The van der Waals surface area contributed by atoms with Crippen molar-refractivity contribution in [2.24, 2.45) is 0 Å². The first-order valence-electron chi connectivity index (χ1n) is 5.89. The zero-order valence-corrected chi connectivity index (χ0v) is 12.4. The highest BCUT2D eigenvalue weighted by atomic mass is 127. The van der Waals surface area contributed by atoms with Gasteiger partial charge in [0.05, 0.1) is 0 Å². The SMILES string of the molecule is Ic1cccc(-c2ccc(CNC3CC3)s2)c1. The zero-order chi connectivity index (χ0) is 11.7. The van der Waals surface area contributed by atoms with Crippen LogP contribution in [0.15, 0.2) is 36.4 Å². The molecular weight excluding hydrogens is 341 g/mol. The molecule has 0 radical (unpaired) electrons. The maximum Gasteiger partial charge on any atom is 0.0346 e. The molecule has 88 valence electrons. The largest absolute Gasteiger partial charge is 0.309 e. The summed E-state index contributed by atoms with van der Waals surface area (Å²) in [7, 11) is 0. The van der Waals surface area contributed by atoms with Crippen molar-refractivity contribution < 1.29 is 0 Å².